The Balaban J connectivity index is 1.65. The lowest BCUT2D eigenvalue weighted by Gasteiger charge is -2.35. The molecular formula is C16H22N6. The number of aromatic amines is 1. The SMILES string of the molecule is Nc1nc2c(c(N3CCCC(c4ccn[nH]4)C3)n1)CCCC2. The van der Waals surface area contributed by atoms with E-state index in [1.807, 2.05) is 6.20 Å². The third kappa shape index (κ3) is 2.42. The normalized spacial score (nSPS) is 21.6. The minimum Gasteiger partial charge on any atom is -0.368 e. The van der Waals surface area contributed by atoms with Crippen molar-refractivity contribution in [2.75, 3.05) is 23.7 Å². The molecule has 0 amide bonds. The quantitative estimate of drug-likeness (QED) is 0.886. The summed E-state index contributed by atoms with van der Waals surface area (Å²) in [4.78, 5) is 11.5. The van der Waals surface area contributed by atoms with Gasteiger partial charge in [0.05, 0.1) is 5.69 Å². The second kappa shape index (κ2) is 5.59. The Morgan fingerprint density at radius 3 is 2.95 bits per heavy atom. The number of nitrogen functional groups attached to an aromatic ring is 1. The lowest BCUT2D eigenvalue weighted by atomic mass is 9.92. The van der Waals surface area contributed by atoms with Gasteiger partial charge in [-0.25, -0.2) is 4.98 Å². The summed E-state index contributed by atoms with van der Waals surface area (Å²) in [6.07, 6.45) is 8.75. The summed E-state index contributed by atoms with van der Waals surface area (Å²) in [5.74, 6) is 1.98. The average molecular weight is 298 g/mol. The molecule has 1 aliphatic carbocycles. The van der Waals surface area contributed by atoms with Crippen LogP contribution in [0.5, 0.6) is 0 Å². The molecule has 2 aliphatic rings. The van der Waals surface area contributed by atoms with Crippen molar-refractivity contribution in [3.8, 4) is 0 Å². The molecular weight excluding hydrogens is 276 g/mol. The molecule has 116 valence electrons. The van der Waals surface area contributed by atoms with Crippen LogP contribution in [0.3, 0.4) is 0 Å². The highest BCUT2D eigenvalue weighted by atomic mass is 15.2. The molecule has 1 aliphatic heterocycles. The van der Waals surface area contributed by atoms with E-state index in [0.29, 0.717) is 11.9 Å². The van der Waals surface area contributed by atoms with Crippen molar-refractivity contribution < 1.29 is 0 Å². The van der Waals surface area contributed by atoms with Gasteiger partial charge in [0.25, 0.3) is 0 Å². The molecule has 1 unspecified atom stereocenters. The van der Waals surface area contributed by atoms with Crippen LogP contribution < -0.4 is 10.6 Å². The van der Waals surface area contributed by atoms with E-state index in [-0.39, 0.29) is 0 Å². The predicted molar refractivity (Wildman–Crippen MR) is 85.9 cm³/mol. The van der Waals surface area contributed by atoms with E-state index in [1.165, 1.54) is 36.9 Å². The molecule has 22 heavy (non-hydrogen) atoms. The van der Waals surface area contributed by atoms with Crippen LogP contribution in [0, 0.1) is 0 Å². The first-order valence-corrected chi connectivity index (χ1v) is 8.21. The Morgan fingerprint density at radius 1 is 1.18 bits per heavy atom. The number of nitrogens with one attached hydrogen (secondary N) is 1. The molecule has 4 rings (SSSR count). The molecule has 0 spiro atoms. The van der Waals surface area contributed by atoms with Gasteiger partial charge in [0.2, 0.25) is 5.95 Å². The maximum Gasteiger partial charge on any atom is 0.222 e. The number of fused-ring (bicyclic) bond motifs is 1. The minimum absolute atomic E-state index is 0.416. The third-order valence-corrected chi connectivity index (χ3v) is 4.86. The summed E-state index contributed by atoms with van der Waals surface area (Å²) in [6.45, 7) is 2.03. The molecule has 1 atom stereocenters. The van der Waals surface area contributed by atoms with Crippen LogP contribution >= 0.6 is 0 Å². The Morgan fingerprint density at radius 2 is 2.09 bits per heavy atom. The van der Waals surface area contributed by atoms with E-state index in [1.54, 1.807) is 0 Å². The number of piperidine rings is 1. The van der Waals surface area contributed by atoms with Crippen molar-refractivity contribution >= 4 is 11.8 Å². The van der Waals surface area contributed by atoms with Crippen molar-refractivity contribution in [2.45, 2.75) is 44.4 Å². The average Bonchev–Trinajstić information content (AvgIpc) is 3.09. The number of nitrogens with zero attached hydrogens (tertiary/aromatic N) is 4. The van der Waals surface area contributed by atoms with Gasteiger partial charge in [0.1, 0.15) is 5.82 Å². The molecule has 0 saturated carbocycles. The summed E-state index contributed by atoms with van der Waals surface area (Å²) in [7, 11) is 0. The molecule has 0 radical (unpaired) electrons. The first-order valence-electron chi connectivity index (χ1n) is 8.21. The number of rotatable bonds is 2. The molecule has 2 aromatic heterocycles. The first kappa shape index (κ1) is 13.5. The number of hydrogen-bond acceptors (Lipinski definition) is 5. The number of nitrogens with two attached hydrogens (primary N) is 1. The first-order chi connectivity index (χ1) is 10.8. The number of H-pyrrole nitrogens is 1. The number of aromatic nitrogens is 4. The van der Waals surface area contributed by atoms with Crippen molar-refractivity contribution in [2.24, 2.45) is 0 Å². The maximum absolute atomic E-state index is 5.95. The second-order valence-corrected chi connectivity index (χ2v) is 6.33. The lowest BCUT2D eigenvalue weighted by molar-refractivity contribution is 0.495. The fraction of sp³-hybridized carbons (Fsp3) is 0.562. The van der Waals surface area contributed by atoms with Gasteiger partial charge in [0.15, 0.2) is 0 Å². The van der Waals surface area contributed by atoms with E-state index in [0.717, 1.165) is 37.4 Å². The zero-order chi connectivity index (χ0) is 14.9. The summed E-state index contributed by atoms with van der Waals surface area (Å²) >= 11 is 0. The summed E-state index contributed by atoms with van der Waals surface area (Å²) < 4.78 is 0. The third-order valence-electron chi connectivity index (χ3n) is 4.86. The Kier molecular flexibility index (Phi) is 3.44. The zero-order valence-electron chi connectivity index (χ0n) is 12.8. The number of hydrogen-bond donors (Lipinski definition) is 2. The molecule has 6 heteroatoms. The van der Waals surface area contributed by atoms with Crippen molar-refractivity contribution in [1.82, 2.24) is 20.2 Å². The fourth-order valence-corrected chi connectivity index (χ4v) is 3.77. The molecule has 1 fully saturated rings. The van der Waals surface area contributed by atoms with Crippen molar-refractivity contribution in [3.05, 3.63) is 29.2 Å². The van der Waals surface area contributed by atoms with Crippen LogP contribution in [0.1, 0.15) is 48.6 Å². The summed E-state index contributed by atoms with van der Waals surface area (Å²) in [6, 6.07) is 2.08. The molecule has 3 heterocycles. The molecule has 3 N–H and O–H groups in total. The van der Waals surface area contributed by atoms with Gasteiger partial charge in [-0.3, -0.25) is 5.10 Å². The van der Waals surface area contributed by atoms with Gasteiger partial charge in [-0.15, -0.1) is 0 Å². The Bertz CT molecular complexity index is 651. The zero-order valence-corrected chi connectivity index (χ0v) is 12.8. The van der Waals surface area contributed by atoms with Gasteiger partial charge in [-0.05, 0) is 44.6 Å². The fourth-order valence-electron chi connectivity index (χ4n) is 3.77. The highest BCUT2D eigenvalue weighted by Gasteiger charge is 2.27. The smallest absolute Gasteiger partial charge is 0.222 e. The van der Waals surface area contributed by atoms with Crippen LogP contribution in [0.25, 0.3) is 0 Å². The van der Waals surface area contributed by atoms with Crippen molar-refractivity contribution in [3.63, 3.8) is 0 Å². The minimum atomic E-state index is 0.416. The lowest BCUT2D eigenvalue weighted by Crippen LogP contribution is -2.36. The highest BCUT2D eigenvalue weighted by Crippen LogP contribution is 2.33. The summed E-state index contributed by atoms with van der Waals surface area (Å²) in [5.41, 5.74) is 9.67. The van der Waals surface area contributed by atoms with E-state index in [4.69, 9.17) is 5.73 Å². The Hall–Kier alpha value is -2.11. The van der Waals surface area contributed by atoms with Crippen LogP contribution in [0.2, 0.25) is 0 Å². The predicted octanol–water partition coefficient (Wildman–Crippen LogP) is 2.04. The van der Waals surface area contributed by atoms with E-state index >= 15 is 0 Å². The molecule has 0 aromatic carbocycles. The highest BCUT2D eigenvalue weighted by molar-refractivity contribution is 5.53. The maximum atomic E-state index is 5.95. The van der Waals surface area contributed by atoms with Gasteiger partial charge in [-0.2, -0.15) is 10.1 Å². The van der Waals surface area contributed by atoms with Gasteiger partial charge < -0.3 is 10.6 Å². The van der Waals surface area contributed by atoms with Crippen molar-refractivity contribution in [1.29, 1.82) is 0 Å². The number of anilines is 2. The molecule has 6 nitrogen and oxygen atoms in total. The van der Waals surface area contributed by atoms with Gasteiger partial charge in [-0.1, -0.05) is 0 Å². The monoisotopic (exact) mass is 298 g/mol. The topological polar surface area (TPSA) is 83.7 Å². The van der Waals surface area contributed by atoms with Crippen LogP contribution in [0.15, 0.2) is 12.3 Å². The van der Waals surface area contributed by atoms with Gasteiger partial charge in [0, 0.05) is 36.5 Å². The molecule has 2 aromatic rings. The van der Waals surface area contributed by atoms with Crippen LogP contribution in [-0.4, -0.2) is 33.3 Å². The largest absolute Gasteiger partial charge is 0.368 e. The van der Waals surface area contributed by atoms with Crippen LogP contribution in [-0.2, 0) is 12.8 Å². The van der Waals surface area contributed by atoms with E-state index in [2.05, 4.69) is 31.1 Å². The Labute approximate surface area is 130 Å². The van der Waals surface area contributed by atoms with E-state index in [9.17, 15) is 0 Å². The molecule has 1 saturated heterocycles. The van der Waals surface area contributed by atoms with Crippen LogP contribution in [0.4, 0.5) is 11.8 Å². The summed E-state index contributed by atoms with van der Waals surface area (Å²) in [5, 5.41) is 7.21. The number of aryl methyl sites for hydroxylation is 1. The molecule has 0 bridgehead atoms. The second-order valence-electron chi connectivity index (χ2n) is 6.33. The standard InChI is InChI=1S/C16H22N6/c17-16-19-14-6-2-1-5-12(14)15(20-16)22-9-3-4-11(10-22)13-7-8-18-21-13/h7-8,11H,1-6,9-10H2,(H,18,21)(H2,17,19,20). The van der Waals surface area contributed by atoms with Gasteiger partial charge >= 0.3 is 0 Å². The van der Waals surface area contributed by atoms with E-state index < -0.39 is 0 Å².